The molecule has 0 spiro atoms. The molecular formula is C21H19N5O4. The molecule has 0 bridgehead atoms. The predicted molar refractivity (Wildman–Crippen MR) is 109 cm³/mol. The second-order valence-electron chi connectivity index (χ2n) is 6.63. The standard InChI is InChI=1S/C21H19N5O4/c27-19(11-6-12-26-17-9-4-5-10-18(17)30-21(26)29)24-25-20(28)16-13-15(22-23-16)14-7-2-1-3-8-14/h1-5,7-10,13H,6,11-12H2,(H,22,23)(H,24,27)(H,25,28). The Morgan fingerprint density at radius 2 is 1.80 bits per heavy atom. The third-order valence-electron chi connectivity index (χ3n) is 4.57. The topological polar surface area (TPSA) is 122 Å². The van der Waals surface area contributed by atoms with Crippen LogP contribution in [0.3, 0.4) is 0 Å². The molecule has 9 heteroatoms. The Balaban J connectivity index is 1.27. The summed E-state index contributed by atoms with van der Waals surface area (Å²) in [6.45, 7) is 0.332. The number of fused-ring (bicyclic) bond motifs is 1. The number of oxazole rings is 1. The van der Waals surface area contributed by atoms with Gasteiger partial charge < -0.3 is 4.42 Å². The summed E-state index contributed by atoms with van der Waals surface area (Å²) in [4.78, 5) is 36.1. The van der Waals surface area contributed by atoms with Crippen LogP contribution in [0.1, 0.15) is 23.3 Å². The molecule has 3 N–H and O–H groups in total. The van der Waals surface area contributed by atoms with Crippen LogP contribution in [0.4, 0.5) is 0 Å². The van der Waals surface area contributed by atoms with Crippen LogP contribution in [0, 0.1) is 0 Å². The molecule has 30 heavy (non-hydrogen) atoms. The van der Waals surface area contributed by atoms with Crippen molar-refractivity contribution in [1.82, 2.24) is 25.6 Å². The lowest BCUT2D eigenvalue weighted by Crippen LogP contribution is -2.41. The van der Waals surface area contributed by atoms with Gasteiger partial charge in [-0.1, -0.05) is 42.5 Å². The van der Waals surface area contributed by atoms with E-state index in [0.29, 0.717) is 29.8 Å². The van der Waals surface area contributed by atoms with E-state index in [-0.39, 0.29) is 18.0 Å². The fourth-order valence-corrected chi connectivity index (χ4v) is 3.07. The Bertz CT molecular complexity index is 1240. The molecule has 2 aromatic carbocycles. The lowest BCUT2D eigenvalue weighted by Gasteiger charge is -2.06. The summed E-state index contributed by atoms with van der Waals surface area (Å²) < 4.78 is 6.64. The Hall–Kier alpha value is -4.14. The number of hydrazine groups is 1. The second kappa shape index (κ2) is 8.48. The summed E-state index contributed by atoms with van der Waals surface area (Å²) in [6, 6.07) is 18.1. The summed E-state index contributed by atoms with van der Waals surface area (Å²) in [7, 11) is 0. The first-order chi connectivity index (χ1) is 14.6. The molecule has 0 aliphatic heterocycles. The number of nitrogens with one attached hydrogen (secondary N) is 3. The maximum atomic E-state index is 12.2. The average molecular weight is 405 g/mol. The van der Waals surface area contributed by atoms with E-state index < -0.39 is 11.7 Å². The van der Waals surface area contributed by atoms with Crippen LogP contribution in [-0.4, -0.2) is 26.6 Å². The molecular weight excluding hydrogens is 386 g/mol. The number of aromatic amines is 1. The smallest absolute Gasteiger partial charge is 0.408 e. The molecule has 4 aromatic rings. The number of amides is 2. The zero-order valence-electron chi connectivity index (χ0n) is 15.9. The number of H-pyrrole nitrogens is 1. The van der Waals surface area contributed by atoms with E-state index in [2.05, 4.69) is 21.0 Å². The zero-order chi connectivity index (χ0) is 20.9. The van der Waals surface area contributed by atoms with E-state index in [0.717, 1.165) is 5.56 Å². The number of nitrogens with zero attached hydrogens (tertiary/aromatic N) is 2. The lowest BCUT2D eigenvalue weighted by molar-refractivity contribution is -0.122. The fourth-order valence-electron chi connectivity index (χ4n) is 3.07. The number of aryl methyl sites for hydroxylation is 1. The predicted octanol–water partition coefficient (Wildman–Crippen LogP) is 2.23. The van der Waals surface area contributed by atoms with Gasteiger partial charge in [0.1, 0.15) is 5.69 Å². The molecule has 9 nitrogen and oxygen atoms in total. The van der Waals surface area contributed by atoms with E-state index in [1.165, 1.54) is 4.57 Å². The minimum atomic E-state index is -0.505. The van der Waals surface area contributed by atoms with Gasteiger partial charge >= 0.3 is 5.76 Å². The molecule has 0 aliphatic carbocycles. The van der Waals surface area contributed by atoms with Crippen molar-refractivity contribution < 1.29 is 14.0 Å². The highest BCUT2D eigenvalue weighted by Gasteiger charge is 2.13. The van der Waals surface area contributed by atoms with Crippen LogP contribution in [0.15, 0.2) is 69.9 Å². The monoisotopic (exact) mass is 405 g/mol. The van der Waals surface area contributed by atoms with Gasteiger partial charge in [0, 0.05) is 18.5 Å². The largest absolute Gasteiger partial charge is 0.419 e. The normalized spacial score (nSPS) is 10.8. The van der Waals surface area contributed by atoms with E-state index in [9.17, 15) is 14.4 Å². The van der Waals surface area contributed by atoms with E-state index in [1.807, 2.05) is 36.4 Å². The van der Waals surface area contributed by atoms with Gasteiger partial charge in [-0.05, 0) is 24.6 Å². The van der Waals surface area contributed by atoms with Crippen LogP contribution >= 0.6 is 0 Å². The Morgan fingerprint density at radius 3 is 2.63 bits per heavy atom. The van der Waals surface area contributed by atoms with Crippen LogP contribution in [0.2, 0.25) is 0 Å². The van der Waals surface area contributed by atoms with Gasteiger partial charge in [0.25, 0.3) is 5.91 Å². The molecule has 152 valence electrons. The van der Waals surface area contributed by atoms with E-state index in [1.54, 1.807) is 24.3 Å². The molecule has 0 radical (unpaired) electrons. The first-order valence-electron chi connectivity index (χ1n) is 9.40. The highest BCUT2D eigenvalue weighted by atomic mass is 16.4. The Kier molecular flexibility index (Phi) is 5.42. The van der Waals surface area contributed by atoms with Crippen molar-refractivity contribution in [1.29, 1.82) is 0 Å². The number of carbonyl (C=O) groups excluding carboxylic acids is 2. The molecule has 0 atom stereocenters. The van der Waals surface area contributed by atoms with Gasteiger partial charge in [-0.15, -0.1) is 0 Å². The number of rotatable bonds is 6. The fraction of sp³-hybridized carbons (Fsp3) is 0.143. The number of hydrogen-bond donors (Lipinski definition) is 3. The van der Waals surface area contributed by atoms with E-state index in [4.69, 9.17) is 4.42 Å². The minimum Gasteiger partial charge on any atom is -0.408 e. The number of hydrogen-bond acceptors (Lipinski definition) is 5. The number of para-hydroxylation sites is 2. The summed E-state index contributed by atoms with van der Waals surface area (Å²) in [5.41, 5.74) is 7.64. The van der Waals surface area contributed by atoms with Gasteiger partial charge in [-0.3, -0.25) is 30.1 Å². The maximum Gasteiger partial charge on any atom is 0.419 e. The second-order valence-corrected chi connectivity index (χ2v) is 6.63. The SMILES string of the molecule is O=C(CCCn1c(=O)oc2ccccc21)NNC(=O)c1cc(-c2ccccc2)n[nH]1. The Labute approximate surface area is 170 Å². The van der Waals surface area contributed by atoms with Gasteiger partial charge in [0.05, 0.1) is 11.2 Å². The average Bonchev–Trinajstić information content (AvgIpc) is 3.38. The minimum absolute atomic E-state index is 0.129. The molecule has 2 aromatic heterocycles. The first-order valence-corrected chi connectivity index (χ1v) is 9.40. The van der Waals surface area contributed by atoms with Crippen molar-refractivity contribution >= 4 is 22.9 Å². The molecule has 0 aliphatic rings. The van der Waals surface area contributed by atoms with Crippen molar-refractivity contribution in [3.63, 3.8) is 0 Å². The van der Waals surface area contributed by atoms with Crippen molar-refractivity contribution in [2.45, 2.75) is 19.4 Å². The van der Waals surface area contributed by atoms with Crippen molar-refractivity contribution in [2.75, 3.05) is 0 Å². The van der Waals surface area contributed by atoms with Crippen molar-refractivity contribution in [2.24, 2.45) is 0 Å². The molecule has 0 fully saturated rings. The van der Waals surface area contributed by atoms with Crippen LogP contribution in [0.5, 0.6) is 0 Å². The summed E-state index contributed by atoms with van der Waals surface area (Å²) in [5, 5.41) is 6.76. The maximum absolute atomic E-state index is 12.2. The third-order valence-corrected chi connectivity index (χ3v) is 4.57. The number of carbonyl (C=O) groups is 2. The molecule has 2 heterocycles. The lowest BCUT2D eigenvalue weighted by atomic mass is 10.1. The van der Waals surface area contributed by atoms with Crippen molar-refractivity contribution in [3.8, 4) is 11.3 Å². The first kappa shape index (κ1) is 19.2. The summed E-state index contributed by atoms with van der Waals surface area (Å²) in [5.74, 6) is -1.33. The van der Waals surface area contributed by atoms with Gasteiger partial charge in [0.15, 0.2) is 5.58 Å². The number of benzene rings is 2. The van der Waals surface area contributed by atoms with Gasteiger partial charge in [-0.25, -0.2) is 4.79 Å². The van der Waals surface area contributed by atoms with E-state index >= 15 is 0 Å². The summed E-state index contributed by atoms with van der Waals surface area (Å²) >= 11 is 0. The highest BCUT2D eigenvalue weighted by molar-refractivity contribution is 5.94. The van der Waals surface area contributed by atoms with Crippen molar-refractivity contribution in [3.05, 3.63) is 76.9 Å². The van der Waals surface area contributed by atoms with Crippen LogP contribution < -0.4 is 16.6 Å². The van der Waals surface area contributed by atoms with Gasteiger partial charge in [-0.2, -0.15) is 5.10 Å². The quantitative estimate of drug-likeness (QED) is 0.425. The molecule has 0 saturated carbocycles. The molecule has 4 rings (SSSR count). The molecule has 0 saturated heterocycles. The van der Waals surface area contributed by atoms with Gasteiger partial charge in [0.2, 0.25) is 5.91 Å². The molecule has 2 amide bonds. The highest BCUT2D eigenvalue weighted by Crippen LogP contribution is 2.16. The van der Waals surface area contributed by atoms with Crippen LogP contribution in [-0.2, 0) is 11.3 Å². The molecule has 0 unspecified atom stereocenters. The zero-order valence-corrected chi connectivity index (χ0v) is 15.9. The summed E-state index contributed by atoms with van der Waals surface area (Å²) in [6.07, 6.45) is 0.540. The Morgan fingerprint density at radius 1 is 1.03 bits per heavy atom. The number of aromatic nitrogens is 3. The van der Waals surface area contributed by atoms with Crippen LogP contribution in [0.25, 0.3) is 22.4 Å². The third kappa shape index (κ3) is 4.14.